The van der Waals surface area contributed by atoms with Crippen LogP contribution in [0.5, 0.6) is 0 Å². The summed E-state index contributed by atoms with van der Waals surface area (Å²) in [6, 6.07) is 3.41. The second-order valence-corrected chi connectivity index (χ2v) is 6.18. The first-order valence-corrected chi connectivity index (χ1v) is 7.26. The van der Waals surface area contributed by atoms with Gasteiger partial charge in [0.15, 0.2) is 0 Å². The number of sulfonamides is 1. The Morgan fingerprint density at radius 2 is 2.00 bits per heavy atom. The molecule has 0 saturated heterocycles. The third-order valence-corrected chi connectivity index (χ3v) is 3.78. The van der Waals surface area contributed by atoms with E-state index in [1.165, 1.54) is 7.05 Å². The number of nitrogens with one attached hydrogen (secondary N) is 1. The zero-order chi connectivity index (χ0) is 13.8. The first kappa shape index (κ1) is 14.6. The lowest BCUT2D eigenvalue weighted by molar-refractivity contribution is -0.121. The molecule has 1 aromatic rings. The molecule has 0 saturated carbocycles. The zero-order valence-corrected chi connectivity index (χ0v) is 11.4. The van der Waals surface area contributed by atoms with Gasteiger partial charge in [-0.1, -0.05) is 0 Å². The number of carbonyl (C=O) groups excluding carboxylic acids is 1. The minimum atomic E-state index is -3.34. The first-order chi connectivity index (χ1) is 8.30. The number of pyridine rings is 1. The second kappa shape index (κ2) is 5.92. The molecule has 0 aliphatic carbocycles. The third kappa shape index (κ3) is 4.42. The van der Waals surface area contributed by atoms with E-state index in [9.17, 15) is 13.2 Å². The molecule has 6 nitrogen and oxygen atoms in total. The molecule has 0 radical (unpaired) electrons. The summed E-state index contributed by atoms with van der Waals surface area (Å²) in [5.41, 5.74) is 0.917. The van der Waals surface area contributed by atoms with Crippen LogP contribution in [-0.4, -0.2) is 43.5 Å². The Kier molecular flexibility index (Phi) is 4.80. The summed E-state index contributed by atoms with van der Waals surface area (Å²) in [5, 5.41) is 2.73. The Balaban J connectivity index is 2.56. The third-order valence-electron chi connectivity index (χ3n) is 2.52. The van der Waals surface area contributed by atoms with Crippen LogP contribution in [0.1, 0.15) is 18.5 Å². The number of hydrogen-bond acceptors (Lipinski definition) is 4. The van der Waals surface area contributed by atoms with E-state index in [0.29, 0.717) is 0 Å². The van der Waals surface area contributed by atoms with Crippen molar-refractivity contribution < 1.29 is 13.2 Å². The van der Waals surface area contributed by atoms with Crippen molar-refractivity contribution in [2.45, 2.75) is 13.0 Å². The molecular formula is C11H17N3O3S. The molecule has 0 aliphatic heterocycles. The number of amides is 1. The molecule has 1 atom stereocenters. The molecule has 1 aromatic heterocycles. The molecule has 0 aromatic carbocycles. The lowest BCUT2D eigenvalue weighted by Gasteiger charge is -2.17. The van der Waals surface area contributed by atoms with Gasteiger partial charge in [0.2, 0.25) is 15.9 Å². The number of rotatable bonds is 5. The van der Waals surface area contributed by atoms with Crippen LogP contribution in [0.3, 0.4) is 0 Å². The van der Waals surface area contributed by atoms with Gasteiger partial charge >= 0.3 is 0 Å². The summed E-state index contributed by atoms with van der Waals surface area (Å²) >= 11 is 0. The summed E-state index contributed by atoms with van der Waals surface area (Å²) in [5.74, 6) is -0.341. The van der Waals surface area contributed by atoms with Crippen molar-refractivity contribution in [2.75, 3.05) is 19.8 Å². The van der Waals surface area contributed by atoms with Crippen molar-refractivity contribution in [3.8, 4) is 0 Å². The molecule has 7 heteroatoms. The maximum absolute atomic E-state index is 11.7. The monoisotopic (exact) mass is 271 g/mol. The zero-order valence-electron chi connectivity index (χ0n) is 10.6. The molecular weight excluding hydrogens is 254 g/mol. The molecule has 0 aliphatic rings. The van der Waals surface area contributed by atoms with Crippen LogP contribution < -0.4 is 5.32 Å². The quantitative estimate of drug-likeness (QED) is 0.826. The van der Waals surface area contributed by atoms with Crippen LogP contribution in [-0.2, 0) is 14.8 Å². The van der Waals surface area contributed by atoms with E-state index in [2.05, 4.69) is 10.3 Å². The highest BCUT2D eigenvalue weighted by Gasteiger charge is 2.16. The van der Waals surface area contributed by atoms with Crippen LogP contribution in [0.15, 0.2) is 24.5 Å². The Hall–Kier alpha value is -1.47. The fraction of sp³-hybridized carbons (Fsp3) is 0.455. The Labute approximate surface area is 107 Å². The van der Waals surface area contributed by atoms with Crippen LogP contribution >= 0.6 is 0 Å². The Morgan fingerprint density at radius 1 is 1.44 bits per heavy atom. The lowest BCUT2D eigenvalue weighted by Crippen LogP contribution is -2.38. The fourth-order valence-electron chi connectivity index (χ4n) is 1.34. The van der Waals surface area contributed by atoms with Crippen LogP contribution in [0.4, 0.5) is 0 Å². The number of nitrogens with zero attached hydrogens (tertiary/aromatic N) is 2. The predicted octanol–water partition coefficient (Wildman–Crippen LogP) is 0.150. The van der Waals surface area contributed by atoms with Gasteiger partial charge in [-0.3, -0.25) is 9.78 Å². The maximum Gasteiger partial charge on any atom is 0.235 e. The van der Waals surface area contributed by atoms with Crippen molar-refractivity contribution >= 4 is 15.9 Å². The van der Waals surface area contributed by atoms with E-state index in [1.54, 1.807) is 24.5 Å². The molecule has 1 rings (SSSR count). The van der Waals surface area contributed by atoms with Gasteiger partial charge in [0.05, 0.1) is 18.8 Å². The van der Waals surface area contributed by atoms with E-state index in [-0.39, 0.29) is 18.5 Å². The molecule has 0 bridgehead atoms. The second-order valence-electron chi connectivity index (χ2n) is 4.09. The van der Waals surface area contributed by atoms with E-state index in [1.807, 2.05) is 6.92 Å². The summed E-state index contributed by atoms with van der Waals surface area (Å²) in [6.07, 6.45) is 4.34. The molecule has 18 heavy (non-hydrogen) atoms. The van der Waals surface area contributed by atoms with Gasteiger partial charge in [-0.15, -0.1) is 0 Å². The highest BCUT2D eigenvalue weighted by molar-refractivity contribution is 7.88. The van der Waals surface area contributed by atoms with Crippen molar-refractivity contribution in [1.29, 1.82) is 0 Å². The fourth-order valence-corrected chi connectivity index (χ4v) is 1.69. The van der Waals surface area contributed by atoms with Gasteiger partial charge in [-0.05, 0) is 24.6 Å². The molecule has 0 fully saturated rings. The van der Waals surface area contributed by atoms with E-state index in [4.69, 9.17) is 0 Å². The van der Waals surface area contributed by atoms with E-state index >= 15 is 0 Å². The van der Waals surface area contributed by atoms with Gasteiger partial charge in [-0.25, -0.2) is 8.42 Å². The highest BCUT2D eigenvalue weighted by Crippen LogP contribution is 2.09. The van der Waals surface area contributed by atoms with Crippen molar-refractivity contribution in [1.82, 2.24) is 14.6 Å². The number of likely N-dealkylation sites (N-methyl/N-ethyl adjacent to an activating group) is 1. The summed E-state index contributed by atoms with van der Waals surface area (Å²) < 4.78 is 23.3. The largest absolute Gasteiger partial charge is 0.348 e. The standard InChI is InChI=1S/C11H17N3O3S/c1-9(10-4-6-12-7-5-10)13-11(15)8-14(2)18(3,16)17/h4-7,9H,8H2,1-3H3,(H,13,15)/t9-/m0/s1. The highest BCUT2D eigenvalue weighted by atomic mass is 32.2. The van der Waals surface area contributed by atoms with Crippen LogP contribution in [0, 0.1) is 0 Å². The van der Waals surface area contributed by atoms with Crippen LogP contribution in [0.25, 0.3) is 0 Å². The van der Waals surface area contributed by atoms with Gasteiger partial charge in [0, 0.05) is 19.4 Å². The topological polar surface area (TPSA) is 79.4 Å². The number of aromatic nitrogens is 1. The van der Waals surface area contributed by atoms with E-state index in [0.717, 1.165) is 16.1 Å². The van der Waals surface area contributed by atoms with Gasteiger partial charge in [0.25, 0.3) is 0 Å². The maximum atomic E-state index is 11.7. The van der Waals surface area contributed by atoms with E-state index < -0.39 is 10.0 Å². The van der Waals surface area contributed by atoms with Gasteiger partial charge in [0.1, 0.15) is 0 Å². The Bertz CT molecular complexity index is 502. The molecule has 0 spiro atoms. The van der Waals surface area contributed by atoms with Crippen molar-refractivity contribution in [3.63, 3.8) is 0 Å². The molecule has 100 valence electrons. The SMILES string of the molecule is C[C@H](NC(=O)CN(C)S(C)(=O)=O)c1ccncc1. The van der Waals surface area contributed by atoms with Crippen molar-refractivity contribution in [2.24, 2.45) is 0 Å². The molecule has 1 N–H and O–H groups in total. The normalized spacial score (nSPS) is 13.3. The minimum absolute atomic E-state index is 0.186. The molecule has 0 unspecified atom stereocenters. The smallest absolute Gasteiger partial charge is 0.235 e. The lowest BCUT2D eigenvalue weighted by atomic mass is 10.1. The van der Waals surface area contributed by atoms with Gasteiger partial charge in [-0.2, -0.15) is 4.31 Å². The van der Waals surface area contributed by atoms with Gasteiger partial charge < -0.3 is 5.32 Å². The summed E-state index contributed by atoms with van der Waals surface area (Å²) in [7, 11) is -1.97. The Morgan fingerprint density at radius 3 is 2.50 bits per heavy atom. The summed E-state index contributed by atoms with van der Waals surface area (Å²) in [4.78, 5) is 15.5. The molecule has 1 amide bonds. The number of hydrogen-bond donors (Lipinski definition) is 1. The van der Waals surface area contributed by atoms with Crippen molar-refractivity contribution in [3.05, 3.63) is 30.1 Å². The number of carbonyl (C=O) groups is 1. The van der Waals surface area contributed by atoms with Crippen LogP contribution in [0.2, 0.25) is 0 Å². The predicted molar refractivity (Wildman–Crippen MR) is 68.3 cm³/mol. The molecule has 1 heterocycles. The summed E-state index contributed by atoms with van der Waals surface area (Å²) in [6.45, 7) is 1.64. The average Bonchev–Trinajstić information content (AvgIpc) is 2.28. The minimum Gasteiger partial charge on any atom is -0.348 e. The first-order valence-electron chi connectivity index (χ1n) is 5.41. The average molecular weight is 271 g/mol.